The van der Waals surface area contributed by atoms with E-state index in [2.05, 4.69) is 4.98 Å². The van der Waals surface area contributed by atoms with Crippen LogP contribution in [0.4, 0.5) is 5.82 Å². The van der Waals surface area contributed by atoms with Crippen LogP contribution in [0.25, 0.3) is 0 Å². The molecule has 0 amide bonds. The van der Waals surface area contributed by atoms with Crippen molar-refractivity contribution in [3.63, 3.8) is 0 Å². The summed E-state index contributed by atoms with van der Waals surface area (Å²) in [6, 6.07) is 2.67. The van der Waals surface area contributed by atoms with Gasteiger partial charge in [0.05, 0.1) is 17.0 Å². The van der Waals surface area contributed by atoms with Gasteiger partial charge in [-0.05, 0) is 9.91 Å². The van der Waals surface area contributed by atoms with Gasteiger partial charge in [0.1, 0.15) is 0 Å². The molecule has 0 aliphatic rings. The van der Waals surface area contributed by atoms with Gasteiger partial charge in [0.25, 0.3) is 0 Å². The first-order chi connectivity index (χ1) is 5.63. The molecule has 0 aliphatic heterocycles. The van der Waals surface area contributed by atoms with Crippen LogP contribution in [0, 0.1) is 10.1 Å². The number of nitro groups is 1. The molecule has 64 valence electrons. The van der Waals surface area contributed by atoms with Gasteiger partial charge in [-0.1, -0.05) is 11.6 Å². The summed E-state index contributed by atoms with van der Waals surface area (Å²) in [5.74, 6) is -0.167. The fourth-order valence-electron chi connectivity index (χ4n) is 0.698. The Morgan fingerprint density at radius 2 is 2.25 bits per heavy atom. The van der Waals surface area contributed by atoms with E-state index in [1.807, 2.05) is 0 Å². The molecule has 1 aromatic rings. The van der Waals surface area contributed by atoms with E-state index < -0.39 is 4.92 Å². The fraction of sp³-hybridized carbons (Fsp3) is 0.167. The maximum Gasteiger partial charge on any atom is 0.365 e. The Hall–Kier alpha value is -0.870. The largest absolute Gasteiger partial charge is 0.365 e. The predicted molar refractivity (Wildman–Crippen MR) is 45.5 cm³/mol. The quantitative estimate of drug-likeness (QED) is 0.425. The number of rotatable bonds is 2. The highest BCUT2D eigenvalue weighted by atomic mass is 35.5. The minimum atomic E-state index is -0.609. The molecule has 1 aromatic heterocycles. The molecule has 0 unspecified atom stereocenters. The second-order valence-electron chi connectivity index (χ2n) is 2.03. The van der Waals surface area contributed by atoms with Gasteiger partial charge in [0, 0.05) is 6.07 Å². The van der Waals surface area contributed by atoms with E-state index in [0.717, 1.165) is 0 Å². The van der Waals surface area contributed by atoms with Crippen LogP contribution in [0.3, 0.4) is 0 Å². The third-order valence-corrected chi connectivity index (χ3v) is 1.65. The van der Waals surface area contributed by atoms with Gasteiger partial charge in [0.2, 0.25) is 0 Å². The Bertz CT molecular complexity index is 316. The average molecular weight is 207 g/mol. The second kappa shape index (κ2) is 3.69. The lowest BCUT2D eigenvalue weighted by molar-refractivity contribution is -0.389. The van der Waals surface area contributed by atoms with Gasteiger partial charge in [0.15, 0.2) is 5.69 Å². The maximum atomic E-state index is 10.3. The van der Waals surface area contributed by atoms with Gasteiger partial charge < -0.3 is 10.1 Å². The molecule has 1 heterocycles. The van der Waals surface area contributed by atoms with Crippen molar-refractivity contribution < 1.29 is 4.92 Å². The molecule has 0 atom stereocenters. The highest BCUT2D eigenvalue weighted by Crippen LogP contribution is 2.17. The highest BCUT2D eigenvalue weighted by molar-refractivity contribution is 6.30. The van der Waals surface area contributed by atoms with Gasteiger partial charge in [-0.25, -0.2) is 0 Å². The molecule has 0 radical (unpaired) electrons. The van der Waals surface area contributed by atoms with Crippen molar-refractivity contribution in [2.24, 2.45) is 0 Å². The first-order valence-corrected chi connectivity index (χ1v) is 3.91. The van der Waals surface area contributed by atoms with Gasteiger partial charge in [-0.2, -0.15) is 0 Å². The lowest BCUT2D eigenvalue weighted by Crippen LogP contribution is -1.94. The fourth-order valence-corrected chi connectivity index (χ4v) is 1.06. The van der Waals surface area contributed by atoms with Crippen LogP contribution in [-0.2, 0) is 5.88 Å². The third-order valence-electron chi connectivity index (χ3n) is 1.15. The van der Waals surface area contributed by atoms with E-state index in [9.17, 15) is 10.1 Å². The zero-order valence-electron chi connectivity index (χ0n) is 5.83. The van der Waals surface area contributed by atoms with Crippen molar-refractivity contribution in [2.75, 3.05) is 0 Å². The monoisotopic (exact) mass is 206 g/mol. The summed E-state index contributed by atoms with van der Waals surface area (Å²) in [5, 5.41) is 10.5. The molecule has 4 nitrogen and oxygen atoms in total. The minimum Gasteiger partial charge on any atom is -0.358 e. The standard InChI is InChI=1S/C6H4Cl2N2O2/c7-3-5-1-4(8)2-6(9-5)10(11)12/h1-2H,3H2. The van der Waals surface area contributed by atoms with E-state index in [1.54, 1.807) is 0 Å². The molecule has 12 heavy (non-hydrogen) atoms. The Morgan fingerprint density at radius 3 is 2.75 bits per heavy atom. The van der Waals surface area contributed by atoms with Crippen molar-refractivity contribution in [1.82, 2.24) is 4.98 Å². The molecular formula is C6H4Cl2N2O2. The topological polar surface area (TPSA) is 56.0 Å². The Balaban J connectivity index is 3.15. The van der Waals surface area contributed by atoms with Crippen molar-refractivity contribution >= 4 is 29.0 Å². The van der Waals surface area contributed by atoms with Crippen molar-refractivity contribution in [1.29, 1.82) is 0 Å². The minimum absolute atomic E-state index is 0.112. The van der Waals surface area contributed by atoms with Gasteiger partial charge in [-0.3, -0.25) is 0 Å². The summed E-state index contributed by atoms with van der Waals surface area (Å²) in [7, 11) is 0. The molecule has 0 saturated carbocycles. The number of alkyl halides is 1. The Kier molecular flexibility index (Phi) is 2.83. The number of nitrogens with zero attached hydrogens (tertiary/aromatic N) is 2. The van der Waals surface area contributed by atoms with Crippen LogP contribution in [-0.4, -0.2) is 9.91 Å². The van der Waals surface area contributed by atoms with Crippen LogP contribution in [0.15, 0.2) is 12.1 Å². The van der Waals surface area contributed by atoms with E-state index in [4.69, 9.17) is 23.2 Å². The molecule has 1 rings (SSSR count). The summed E-state index contributed by atoms with van der Waals surface area (Å²) in [6.45, 7) is 0. The van der Waals surface area contributed by atoms with E-state index in [0.29, 0.717) is 5.69 Å². The molecule has 0 saturated heterocycles. The maximum absolute atomic E-state index is 10.3. The predicted octanol–water partition coefficient (Wildman–Crippen LogP) is 2.38. The van der Waals surface area contributed by atoms with Crippen molar-refractivity contribution in [3.05, 3.63) is 33.0 Å². The number of hydrogen-bond donors (Lipinski definition) is 0. The molecular weight excluding hydrogens is 203 g/mol. The van der Waals surface area contributed by atoms with Crippen LogP contribution >= 0.6 is 23.2 Å². The average Bonchev–Trinajstić information content (AvgIpc) is 2.03. The SMILES string of the molecule is O=[N+]([O-])c1cc(Cl)cc(CCl)n1. The Morgan fingerprint density at radius 1 is 1.58 bits per heavy atom. The van der Waals surface area contributed by atoms with Gasteiger partial charge >= 0.3 is 5.82 Å². The smallest absolute Gasteiger partial charge is 0.358 e. The van der Waals surface area contributed by atoms with Crippen LogP contribution < -0.4 is 0 Å². The molecule has 0 spiro atoms. The zero-order chi connectivity index (χ0) is 9.14. The number of halogens is 2. The number of hydrogen-bond acceptors (Lipinski definition) is 3. The van der Waals surface area contributed by atoms with Crippen molar-refractivity contribution in [2.45, 2.75) is 5.88 Å². The molecule has 0 bridgehead atoms. The molecule has 0 aliphatic carbocycles. The molecule has 6 heteroatoms. The van der Waals surface area contributed by atoms with E-state index >= 15 is 0 Å². The first-order valence-electron chi connectivity index (χ1n) is 3.00. The summed E-state index contributed by atoms with van der Waals surface area (Å²) >= 11 is 11.0. The second-order valence-corrected chi connectivity index (χ2v) is 2.73. The molecule has 0 aromatic carbocycles. The number of aromatic nitrogens is 1. The highest BCUT2D eigenvalue weighted by Gasteiger charge is 2.11. The van der Waals surface area contributed by atoms with E-state index in [1.165, 1.54) is 12.1 Å². The number of pyridine rings is 1. The zero-order valence-corrected chi connectivity index (χ0v) is 7.34. The summed E-state index contributed by atoms with van der Waals surface area (Å²) in [6.07, 6.45) is 0. The Labute approximate surface area is 78.3 Å². The molecule has 0 N–H and O–H groups in total. The lowest BCUT2D eigenvalue weighted by Gasteiger charge is -1.94. The van der Waals surface area contributed by atoms with Crippen LogP contribution in [0.2, 0.25) is 5.02 Å². The lowest BCUT2D eigenvalue weighted by atomic mass is 10.4. The summed E-state index contributed by atoms with van der Waals surface area (Å²) in [5.41, 5.74) is 0.399. The normalized spacial score (nSPS) is 9.83. The summed E-state index contributed by atoms with van der Waals surface area (Å²) in [4.78, 5) is 13.3. The molecule has 0 fully saturated rings. The van der Waals surface area contributed by atoms with Crippen LogP contribution in [0.5, 0.6) is 0 Å². The van der Waals surface area contributed by atoms with Crippen molar-refractivity contribution in [3.8, 4) is 0 Å². The van der Waals surface area contributed by atoms with Crippen LogP contribution in [0.1, 0.15) is 5.69 Å². The van der Waals surface area contributed by atoms with E-state index in [-0.39, 0.29) is 16.7 Å². The summed E-state index contributed by atoms with van der Waals surface area (Å²) < 4.78 is 0. The third kappa shape index (κ3) is 2.06. The van der Waals surface area contributed by atoms with Gasteiger partial charge in [-0.15, -0.1) is 11.6 Å². The first kappa shape index (κ1) is 9.22.